The van der Waals surface area contributed by atoms with Crippen LogP contribution in [0.2, 0.25) is 0 Å². The van der Waals surface area contributed by atoms with Gasteiger partial charge in [0, 0.05) is 75.6 Å². The fraction of sp³-hybridized carbons (Fsp3) is 0. The Morgan fingerprint density at radius 1 is 1.00 bits per heavy atom. The van der Waals surface area contributed by atoms with Gasteiger partial charge in [0.05, 0.1) is 0 Å². The van der Waals surface area contributed by atoms with Crippen molar-refractivity contribution in [3.8, 4) is 0 Å². The van der Waals surface area contributed by atoms with E-state index >= 15 is 0 Å². The summed E-state index contributed by atoms with van der Waals surface area (Å²) >= 11 is 0.300. The Morgan fingerprint density at radius 2 is 1.00 bits per heavy atom. The Kier molecular flexibility index (Phi) is 132. The van der Waals surface area contributed by atoms with Crippen molar-refractivity contribution in [3.63, 3.8) is 0 Å². The minimum absolute atomic E-state index is 0. The molecule has 0 aliphatic heterocycles. The maximum Gasteiger partial charge on any atom is 0 e. The molecule has 0 rings (SSSR count). The summed E-state index contributed by atoms with van der Waals surface area (Å²) in [5.41, 5.74) is 0. The van der Waals surface area contributed by atoms with Gasteiger partial charge in [0.2, 0.25) is 0 Å². The molecule has 0 aliphatic carbocycles. The van der Waals surface area contributed by atoms with E-state index in [1.54, 1.807) is 0 Å². The molecule has 5 heavy (non-hydrogen) atoms. The number of hydrogen-bond acceptors (Lipinski definition) is 1. The van der Waals surface area contributed by atoms with E-state index in [-0.39, 0.29) is 75.6 Å². The summed E-state index contributed by atoms with van der Waals surface area (Å²) in [6.45, 7) is 0. The van der Waals surface area contributed by atoms with Gasteiger partial charge in [-0.2, -0.15) is 0 Å². The molecule has 0 spiro atoms. The van der Waals surface area contributed by atoms with Crippen LogP contribution in [-0.2, 0) is 3.08 Å². The van der Waals surface area contributed by atoms with Gasteiger partial charge in [-0.05, 0) is 0 Å². The first kappa shape index (κ1) is 24.2. The summed E-state index contributed by atoms with van der Waals surface area (Å²) in [5, 5.41) is 0. The van der Waals surface area contributed by atoms with Gasteiger partial charge in [0.25, 0.3) is 0 Å². The van der Waals surface area contributed by atoms with E-state index in [9.17, 15) is 0 Å². The molecular formula is In2OSn2. The summed E-state index contributed by atoms with van der Waals surface area (Å²) in [6, 6.07) is 0. The van der Waals surface area contributed by atoms with E-state index in [2.05, 4.69) is 0 Å². The second-order valence-corrected chi connectivity index (χ2v) is 0. The molecule has 12 radical (unpaired) electrons. The summed E-state index contributed by atoms with van der Waals surface area (Å²) < 4.78 is 8.34. The van der Waals surface area contributed by atoms with Gasteiger partial charge in [-0.3, -0.25) is 0 Å². The maximum atomic E-state index is 8.34. The van der Waals surface area contributed by atoms with Gasteiger partial charge < -0.3 is 0 Å². The van der Waals surface area contributed by atoms with Crippen molar-refractivity contribution in [3.05, 3.63) is 0 Å². The van der Waals surface area contributed by atoms with Crippen LogP contribution in [0, 0.1) is 0 Å². The van der Waals surface area contributed by atoms with E-state index in [1.165, 1.54) is 0 Å². The van der Waals surface area contributed by atoms with Gasteiger partial charge in [0.15, 0.2) is 0 Å². The van der Waals surface area contributed by atoms with E-state index in [0.29, 0.717) is 22.5 Å². The Balaban J connectivity index is -0.00000000167. The third-order valence-corrected chi connectivity index (χ3v) is 0. The second kappa shape index (κ2) is 27.3. The first-order chi connectivity index (χ1) is 1.00. The van der Waals surface area contributed by atoms with Crippen molar-refractivity contribution in [2.24, 2.45) is 0 Å². The minimum Gasteiger partial charge on any atom is 0 e. The first-order valence-corrected chi connectivity index (χ1v) is 1.37. The second-order valence-electron chi connectivity index (χ2n) is 0. The largest absolute Gasteiger partial charge is 0 e. The van der Waals surface area contributed by atoms with Gasteiger partial charge in [-0.1, -0.05) is 0 Å². The van der Waals surface area contributed by atoms with Gasteiger partial charge in [0.1, 0.15) is 0 Å². The third kappa shape index (κ3) is 19.1. The predicted octanol–water partition coefficient (Wildman–Crippen LogP) is -1.64. The smallest absolute Gasteiger partial charge is 0 e. The zero-order valence-electron chi connectivity index (χ0n) is 2.56. The average Bonchev–Trinajstić information content (AvgIpc) is 1.00. The van der Waals surface area contributed by atoms with Gasteiger partial charge in [-0.25, -0.2) is 0 Å². The molecule has 0 aromatic carbocycles. The quantitative estimate of drug-likeness (QED) is 0.379. The molecule has 0 saturated heterocycles. The molecular weight excluding hydrogens is 483 g/mol. The normalized spacial score (nSPS) is 0.800. The van der Waals surface area contributed by atoms with Crippen molar-refractivity contribution in [1.29, 1.82) is 0 Å². The first-order valence-electron chi connectivity index (χ1n) is 0.204. The van der Waals surface area contributed by atoms with Crippen LogP contribution in [0.1, 0.15) is 0 Å². The topological polar surface area (TPSA) is 17.1 Å². The standard InChI is InChI=1S/2In.O.2Sn. The number of rotatable bonds is 0. The molecule has 1 nitrogen and oxygen atoms in total. The Bertz CT molecular complexity index is 7.61. The van der Waals surface area contributed by atoms with Crippen molar-refractivity contribution in [2.75, 3.05) is 0 Å². The van der Waals surface area contributed by atoms with Crippen LogP contribution < -0.4 is 0 Å². The summed E-state index contributed by atoms with van der Waals surface area (Å²) in [5.74, 6) is 0. The molecule has 0 aromatic heterocycles. The van der Waals surface area contributed by atoms with Crippen LogP contribution in [0.3, 0.4) is 0 Å². The molecule has 20 valence electrons. The van der Waals surface area contributed by atoms with E-state index in [1.807, 2.05) is 0 Å². The zero-order chi connectivity index (χ0) is 2.00. The Hall–Kier alpha value is 3.14. The van der Waals surface area contributed by atoms with Crippen LogP contribution in [-0.4, -0.2) is 98.1 Å². The molecule has 0 aliphatic rings. The van der Waals surface area contributed by atoms with Crippen LogP contribution in [0.15, 0.2) is 0 Å². The minimum atomic E-state index is 0. The monoisotopic (exact) mass is 486 g/mol. The average molecular weight is 483 g/mol. The van der Waals surface area contributed by atoms with Crippen LogP contribution in [0.25, 0.3) is 0 Å². The molecule has 0 bridgehead atoms. The molecule has 0 amide bonds. The molecule has 0 N–H and O–H groups in total. The third-order valence-electron chi connectivity index (χ3n) is 0. The van der Waals surface area contributed by atoms with E-state index in [4.69, 9.17) is 3.08 Å². The van der Waals surface area contributed by atoms with Crippen LogP contribution in [0.5, 0.6) is 0 Å². The van der Waals surface area contributed by atoms with Crippen molar-refractivity contribution in [1.82, 2.24) is 0 Å². The molecule has 0 aromatic rings. The molecule has 0 unspecified atom stereocenters. The van der Waals surface area contributed by atoms with Crippen molar-refractivity contribution < 1.29 is 3.08 Å². The molecule has 0 fully saturated rings. The summed E-state index contributed by atoms with van der Waals surface area (Å²) in [6.07, 6.45) is 0. The van der Waals surface area contributed by atoms with Gasteiger partial charge in [-0.15, -0.1) is 0 Å². The molecule has 0 atom stereocenters. The molecule has 5 heteroatoms. The van der Waals surface area contributed by atoms with E-state index < -0.39 is 0 Å². The van der Waals surface area contributed by atoms with Crippen molar-refractivity contribution in [2.45, 2.75) is 0 Å². The van der Waals surface area contributed by atoms with Crippen LogP contribution in [0.4, 0.5) is 0 Å². The van der Waals surface area contributed by atoms with Crippen molar-refractivity contribution >= 4 is 98.1 Å². The number of hydrogen-bond donors (Lipinski definition) is 0. The predicted molar refractivity (Wildman–Crippen MR) is 23.7 cm³/mol. The van der Waals surface area contributed by atoms with Crippen LogP contribution >= 0.6 is 0 Å². The molecule has 0 saturated carbocycles. The SMILES string of the molecule is [In].[In].[O]=[Sn].[Sn]. The van der Waals surface area contributed by atoms with E-state index in [0.717, 1.165) is 0 Å². The maximum absolute atomic E-state index is 8.34. The molecule has 0 heterocycles. The summed E-state index contributed by atoms with van der Waals surface area (Å²) in [4.78, 5) is 0. The van der Waals surface area contributed by atoms with Gasteiger partial charge >= 0.3 is 25.6 Å². The zero-order valence-corrected chi connectivity index (χ0v) is 14.9. The Labute approximate surface area is 99.0 Å². The Morgan fingerprint density at radius 3 is 1.00 bits per heavy atom. The fourth-order valence-electron chi connectivity index (χ4n) is 0. The summed E-state index contributed by atoms with van der Waals surface area (Å²) in [7, 11) is 0. The fourth-order valence-corrected chi connectivity index (χ4v) is 0.